The van der Waals surface area contributed by atoms with Crippen LogP contribution >= 0.6 is 11.3 Å². The van der Waals surface area contributed by atoms with Gasteiger partial charge in [0.05, 0.1) is 0 Å². The fraction of sp³-hybridized carbons (Fsp3) is 0.467. The summed E-state index contributed by atoms with van der Waals surface area (Å²) in [5, 5.41) is 14.1. The van der Waals surface area contributed by atoms with Crippen LogP contribution in [0.1, 0.15) is 35.3 Å². The molecule has 4 heteroatoms. The minimum absolute atomic E-state index is 0.851. The first kappa shape index (κ1) is 14.2. The average Bonchev–Trinajstić information content (AvgIpc) is 2.88. The molecule has 102 valence electrons. The van der Waals surface area contributed by atoms with Crippen LogP contribution in [0, 0.1) is 0 Å². The summed E-state index contributed by atoms with van der Waals surface area (Å²) in [6.07, 6.45) is 4.44. The summed E-state index contributed by atoms with van der Waals surface area (Å²) in [5.74, 6) is 0. The minimum Gasteiger partial charge on any atom is -0.310 e. The van der Waals surface area contributed by atoms with E-state index in [9.17, 15) is 0 Å². The Hall–Kier alpha value is -1.26. The standard InChI is InChI=1S/C15H21N3S/c1-2-11-16-12-15-18-17-14(19-15)10-6-9-13-7-4-3-5-8-13/h3-5,7-8,16H,2,6,9-12H2,1H3. The van der Waals surface area contributed by atoms with E-state index in [4.69, 9.17) is 0 Å². The van der Waals surface area contributed by atoms with Crippen molar-refractivity contribution in [3.05, 3.63) is 45.9 Å². The number of rotatable bonds is 8. The van der Waals surface area contributed by atoms with Crippen LogP contribution in [-0.4, -0.2) is 16.7 Å². The Morgan fingerprint density at radius 2 is 1.84 bits per heavy atom. The molecule has 19 heavy (non-hydrogen) atoms. The van der Waals surface area contributed by atoms with E-state index < -0.39 is 0 Å². The minimum atomic E-state index is 0.851. The molecule has 0 spiro atoms. The molecule has 0 bridgehead atoms. The van der Waals surface area contributed by atoms with E-state index in [0.29, 0.717) is 0 Å². The van der Waals surface area contributed by atoms with E-state index in [1.54, 1.807) is 11.3 Å². The molecule has 1 N–H and O–H groups in total. The summed E-state index contributed by atoms with van der Waals surface area (Å²) in [7, 11) is 0. The molecule has 0 radical (unpaired) electrons. The zero-order valence-corrected chi connectivity index (χ0v) is 12.2. The normalized spacial score (nSPS) is 10.8. The topological polar surface area (TPSA) is 37.8 Å². The molecule has 0 atom stereocenters. The Morgan fingerprint density at radius 1 is 1.05 bits per heavy atom. The van der Waals surface area contributed by atoms with Gasteiger partial charge in [0.1, 0.15) is 10.0 Å². The molecule has 0 aliphatic heterocycles. The first-order chi connectivity index (χ1) is 9.38. The molecule has 0 unspecified atom stereocenters. The van der Waals surface area contributed by atoms with E-state index in [0.717, 1.165) is 48.8 Å². The third-order valence-corrected chi connectivity index (χ3v) is 3.89. The average molecular weight is 275 g/mol. The molecule has 0 saturated carbocycles. The number of nitrogens with zero attached hydrogens (tertiary/aromatic N) is 2. The largest absolute Gasteiger partial charge is 0.310 e. The summed E-state index contributed by atoms with van der Waals surface area (Å²) in [4.78, 5) is 0. The van der Waals surface area contributed by atoms with Crippen LogP contribution in [0.5, 0.6) is 0 Å². The Balaban J connectivity index is 1.71. The Morgan fingerprint density at radius 3 is 2.63 bits per heavy atom. The van der Waals surface area contributed by atoms with Crippen molar-refractivity contribution in [2.75, 3.05) is 6.54 Å². The summed E-state index contributed by atoms with van der Waals surface area (Å²) in [5.41, 5.74) is 1.40. The van der Waals surface area contributed by atoms with Gasteiger partial charge in [-0.2, -0.15) is 0 Å². The van der Waals surface area contributed by atoms with Gasteiger partial charge in [0.15, 0.2) is 0 Å². The molecule has 1 aromatic carbocycles. The molecule has 0 saturated heterocycles. The van der Waals surface area contributed by atoms with Crippen molar-refractivity contribution in [3.8, 4) is 0 Å². The van der Waals surface area contributed by atoms with Crippen molar-refractivity contribution < 1.29 is 0 Å². The van der Waals surface area contributed by atoms with Crippen LogP contribution in [0.15, 0.2) is 30.3 Å². The van der Waals surface area contributed by atoms with Crippen molar-refractivity contribution in [1.29, 1.82) is 0 Å². The lowest BCUT2D eigenvalue weighted by atomic mass is 10.1. The second-order valence-electron chi connectivity index (χ2n) is 4.61. The first-order valence-electron chi connectivity index (χ1n) is 6.94. The zero-order chi connectivity index (χ0) is 13.3. The molecule has 3 nitrogen and oxygen atoms in total. The van der Waals surface area contributed by atoms with E-state index in [1.165, 1.54) is 5.56 Å². The molecule has 0 amide bonds. The predicted molar refractivity (Wildman–Crippen MR) is 80.4 cm³/mol. The molecule has 0 aliphatic carbocycles. The lowest BCUT2D eigenvalue weighted by Gasteiger charge is -1.98. The number of hydrogen-bond acceptors (Lipinski definition) is 4. The molecule has 0 fully saturated rings. The van der Waals surface area contributed by atoms with Gasteiger partial charge in [0, 0.05) is 13.0 Å². The van der Waals surface area contributed by atoms with Gasteiger partial charge >= 0.3 is 0 Å². The third kappa shape index (κ3) is 5.09. The monoisotopic (exact) mass is 275 g/mol. The van der Waals surface area contributed by atoms with Crippen LogP contribution < -0.4 is 5.32 Å². The zero-order valence-electron chi connectivity index (χ0n) is 11.4. The molecule has 1 aromatic heterocycles. The van der Waals surface area contributed by atoms with E-state index in [-0.39, 0.29) is 0 Å². The van der Waals surface area contributed by atoms with E-state index in [1.807, 2.05) is 0 Å². The maximum Gasteiger partial charge on any atom is 0.131 e. The molecule has 2 rings (SSSR count). The second kappa shape index (κ2) is 8.02. The lowest BCUT2D eigenvalue weighted by molar-refractivity contribution is 0.667. The first-order valence-corrected chi connectivity index (χ1v) is 7.76. The summed E-state index contributed by atoms with van der Waals surface area (Å²) >= 11 is 1.73. The molecule has 2 aromatic rings. The van der Waals surface area contributed by atoms with Gasteiger partial charge in [-0.15, -0.1) is 21.5 Å². The number of hydrogen-bond donors (Lipinski definition) is 1. The van der Waals surface area contributed by atoms with Gasteiger partial charge in [-0.1, -0.05) is 37.3 Å². The summed E-state index contributed by atoms with van der Waals surface area (Å²) in [6.45, 7) is 4.06. The number of benzene rings is 1. The Kier molecular flexibility index (Phi) is 5.98. The van der Waals surface area contributed by atoms with Gasteiger partial charge in [-0.05, 0) is 31.4 Å². The van der Waals surface area contributed by atoms with Crippen LogP contribution in [0.4, 0.5) is 0 Å². The fourth-order valence-electron chi connectivity index (χ4n) is 1.92. The Bertz CT molecular complexity index is 467. The third-order valence-electron chi connectivity index (χ3n) is 2.91. The van der Waals surface area contributed by atoms with Gasteiger partial charge in [0.2, 0.25) is 0 Å². The van der Waals surface area contributed by atoms with Gasteiger partial charge < -0.3 is 5.32 Å². The SMILES string of the molecule is CCCNCc1nnc(CCCc2ccccc2)s1. The van der Waals surface area contributed by atoms with Crippen molar-refractivity contribution in [2.24, 2.45) is 0 Å². The maximum atomic E-state index is 4.25. The highest BCUT2D eigenvalue weighted by atomic mass is 32.1. The maximum absolute atomic E-state index is 4.25. The van der Waals surface area contributed by atoms with Gasteiger partial charge in [-0.3, -0.25) is 0 Å². The van der Waals surface area contributed by atoms with Gasteiger partial charge in [-0.25, -0.2) is 0 Å². The van der Waals surface area contributed by atoms with Crippen LogP contribution in [-0.2, 0) is 19.4 Å². The van der Waals surface area contributed by atoms with Crippen molar-refractivity contribution in [3.63, 3.8) is 0 Å². The van der Waals surface area contributed by atoms with E-state index >= 15 is 0 Å². The van der Waals surface area contributed by atoms with E-state index in [2.05, 4.69) is 52.8 Å². The fourth-order valence-corrected chi connectivity index (χ4v) is 2.78. The smallest absolute Gasteiger partial charge is 0.131 e. The van der Waals surface area contributed by atoms with Crippen LogP contribution in [0.25, 0.3) is 0 Å². The van der Waals surface area contributed by atoms with Crippen LogP contribution in [0.2, 0.25) is 0 Å². The highest BCUT2D eigenvalue weighted by Crippen LogP contribution is 2.13. The van der Waals surface area contributed by atoms with Crippen molar-refractivity contribution in [1.82, 2.24) is 15.5 Å². The molecular weight excluding hydrogens is 254 g/mol. The second-order valence-corrected chi connectivity index (χ2v) is 5.75. The van der Waals surface area contributed by atoms with Crippen molar-refractivity contribution in [2.45, 2.75) is 39.2 Å². The predicted octanol–water partition coefficient (Wildman–Crippen LogP) is 3.21. The Labute approximate surface area is 119 Å². The van der Waals surface area contributed by atoms with Crippen molar-refractivity contribution >= 4 is 11.3 Å². The van der Waals surface area contributed by atoms with Crippen LogP contribution in [0.3, 0.4) is 0 Å². The molecule has 0 aliphatic rings. The number of aryl methyl sites for hydroxylation is 2. The number of nitrogens with one attached hydrogen (secondary N) is 1. The summed E-state index contributed by atoms with van der Waals surface area (Å²) < 4.78 is 0. The highest BCUT2D eigenvalue weighted by molar-refractivity contribution is 7.11. The molecular formula is C15H21N3S. The number of aromatic nitrogens is 2. The summed E-state index contributed by atoms with van der Waals surface area (Å²) in [6, 6.07) is 10.6. The highest BCUT2D eigenvalue weighted by Gasteiger charge is 2.03. The van der Waals surface area contributed by atoms with Gasteiger partial charge in [0.25, 0.3) is 0 Å². The quantitative estimate of drug-likeness (QED) is 0.752. The lowest BCUT2D eigenvalue weighted by Crippen LogP contribution is -2.13. The molecule has 1 heterocycles.